The molecule has 0 radical (unpaired) electrons. The predicted octanol–water partition coefficient (Wildman–Crippen LogP) is 2.71. The monoisotopic (exact) mass is 331 g/mol. The summed E-state index contributed by atoms with van der Waals surface area (Å²) in [7, 11) is 0. The standard InChI is InChI=1S/C16H18ClN5O/c17-14-9-15(20-16-13(14)3-5-18-16)21-6-2-8-23-12(10-21)11-22-7-1-4-19-22/h1,3-5,7,9,12H,2,6,8,10-11H2,(H,18,20)/t12-/m1/s1. The molecular weight excluding hydrogens is 314 g/mol. The van der Waals surface area contributed by atoms with Gasteiger partial charge in [0.25, 0.3) is 0 Å². The first-order valence-electron chi connectivity index (χ1n) is 7.77. The topological polar surface area (TPSA) is 59.0 Å². The van der Waals surface area contributed by atoms with Gasteiger partial charge in [0.2, 0.25) is 0 Å². The Labute approximate surface area is 139 Å². The Bertz CT molecular complexity index is 785. The molecule has 1 aliphatic heterocycles. The van der Waals surface area contributed by atoms with Crippen LogP contribution < -0.4 is 4.90 Å². The Morgan fingerprint density at radius 3 is 3.26 bits per heavy atom. The Morgan fingerprint density at radius 2 is 2.39 bits per heavy atom. The zero-order valence-corrected chi connectivity index (χ0v) is 13.4. The largest absolute Gasteiger partial charge is 0.374 e. The Balaban J connectivity index is 1.58. The number of nitrogens with zero attached hydrogens (tertiary/aromatic N) is 4. The number of fused-ring (bicyclic) bond motifs is 1. The molecule has 0 unspecified atom stereocenters. The van der Waals surface area contributed by atoms with Crippen LogP contribution in [0.1, 0.15) is 6.42 Å². The van der Waals surface area contributed by atoms with Crippen LogP contribution in [-0.2, 0) is 11.3 Å². The Kier molecular flexibility index (Phi) is 3.93. The third-order valence-electron chi connectivity index (χ3n) is 4.09. The average molecular weight is 332 g/mol. The van der Waals surface area contributed by atoms with Gasteiger partial charge in [0.1, 0.15) is 11.5 Å². The fourth-order valence-corrected chi connectivity index (χ4v) is 3.23. The van der Waals surface area contributed by atoms with Crippen LogP contribution in [0.5, 0.6) is 0 Å². The van der Waals surface area contributed by atoms with Crippen molar-refractivity contribution >= 4 is 28.5 Å². The summed E-state index contributed by atoms with van der Waals surface area (Å²) >= 11 is 6.38. The molecule has 3 aromatic heterocycles. The normalized spacial score (nSPS) is 19.2. The van der Waals surface area contributed by atoms with Crippen molar-refractivity contribution < 1.29 is 4.74 Å². The summed E-state index contributed by atoms with van der Waals surface area (Å²) in [5.41, 5.74) is 0.821. The number of nitrogens with one attached hydrogen (secondary N) is 1. The maximum atomic E-state index is 6.38. The van der Waals surface area contributed by atoms with Crippen molar-refractivity contribution in [1.29, 1.82) is 0 Å². The lowest BCUT2D eigenvalue weighted by Crippen LogP contribution is -2.35. The summed E-state index contributed by atoms with van der Waals surface area (Å²) in [5, 5.41) is 5.94. The van der Waals surface area contributed by atoms with E-state index in [1.54, 1.807) is 6.20 Å². The zero-order chi connectivity index (χ0) is 15.6. The average Bonchev–Trinajstić information content (AvgIpc) is 3.16. The van der Waals surface area contributed by atoms with E-state index >= 15 is 0 Å². The summed E-state index contributed by atoms with van der Waals surface area (Å²) in [6.45, 7) is 3.17. The molecule has 1 saturated heterocycles. The van der Waals surface area contributed by atoms with Crippen LogP contribution in [0.4, 0.5) is 5.82 Å². The summed E-state index contributed by atoms with van der Waals surface area (Å²) in [4.78, 5) is 10.1. The molecule has 0 aliphatic carbocycles. The molecule has 1 aliphatic rings. The highest BCUT2D eigenvalue weighted by Crippen LogP contribution is 2.27. The Hall–Kier alpha value is -2.05. The van der Waals surface area contributed by atoms with E-state index in [0.29, 0.717) is 0 Å². The molecule has 1 N–H and O–H groups in total. The molecule has 7 heteroatoms. The molecule has 0 spiro atoms. The predicted molar refractivity (Wildman–Crippen MR) is 89.9 cm³/mol. The number of pyridine rings is 1. The van der Waals surface area contributed by atoms with Crippen LogP contribution in [0.2, 0.25) is 5.02 Å². The molecule has 1 atom stereocenters. The van der Waals surface area contributed by atoms with Gasteiger partial charge in [-0.2, -0.15) is 5.10 Å². The van der Waals surface area contributed by atoms with Crippen LogP contribution in [0.3, 0.4) is 0 Å². The summed E-state index contributed by atoms with van der Waals surface area (Å²) in [6.07, 6.45) is 6.65. The first-order chi connectivity index (χ1) is 11.3. The molecule has 23 heavy (non-hydrogen) atoms. The molecule has 4 rings (SSSR count). The van der Waals surface area contributed by atoms with Crippen LogP contribution in [0.15, 0.2) is 36.8 Å². The number of hydrogen-bond acceptors (Lipinski definition) is 4. The fraction of sp³-hybridized carbons (Fsp3) is 0.375. The molecule has 0 bridgehead atoms. The van der Waals surface area contributed by atoms with Gasteiger partial charge in [-0.3, -0.25) is 4.68 Å². The maximum Gasteiger partial charge on any atom is 0.141 e. The molecule has 4 heterocycles. The number of rotatable bonds is 3. The number of hydrogen-bond donors (Lipinski definition) is 1. The second-order valence-corrected chi connectivity index (χ2v) is 6.13. The first kappa shape index (κ1) is 14.5. The molecule has 0 amide bonds. The number of anilines is 1. The number of halogens is 1. The fourth-order valence-electron chi connectivity index (χ4n) is 2.98. The number of ether oxygens (including phenoxy) is 1. The van der Waals surface area contributed by atoms with Crippen molar-refractivity contribution in [2.45, 2.75) is 19.1 Å². The van der Waals surface area contributed by atoms with E-state index in [-0.39, 0.29) is 6.10 Å². The lowest BCUT2D eigenvalue weighted by molar-refractivity contribution is 0.0543. The summed E-state index contributed by atoms with van der Waals surface area (Å²) in [5.74, 6) is 0.890. The van der Waals surface area contributed by atoms with Crippen molar-refractivity contribution in [3.05, 3.63) is 41.8 Å². The van der Waals surface area contributed by atoms with E-state index in [1.807, 2.05) is 35.3 Å². The van der Waals surface area contributed by atoms with E-state index in [4.69, 9.17) is 21.3 Å². The maximum absolute atomic E-state index is 6.38. The molecule has 120 valence electrons. The van der Waals surface area contributed by atoms with Gasteiger partial charge in [-0.1, -0.05) is 11.6 Å². The van der Waals surface area contributed by atoms with Crippen molar-refractivity contribution in [2.24, 2.45) is 0 Å². The Morgan fingerprint density at radius 1 is 1.43 bits per heavy atom. The number of aromatic nitrogens is 4. The minimum Gasteiger partial charge on any atom is -0.374 e. The van der Waals surface area contributed by atoms with Gasteiger partial charge in [0.05, 0.1) is 17.7 Å². The van der Waals surface area contributed by atoms with E-state index in [9.17, 15) is 0 Å². The van der Waals surface area contributed by atoms with E-state index in [1.165, 1.54) is 0 Å². The van der Waals surface area contributed by atoms with Gasteiger partial charge in [0, 0.05) is 49.7 Å². The first-order valence-corrected chi connectivity index (χ1v) is 8.15. The van der Waals surface area contributed by atoms with Crippen LogP contribution in [0.25, 0.3) is 11.0 Å². The molecule has 1 fully saturated rings. The van der Waals surface area contributed by atoms with Crippen LogP contribution in [-0.4, -0.2) is 45.5 Å². The van der Waals surface area contributed by atoms with Crippen molar-refractivity contribution in [3.63, 3.8) is 0 Å². The van der Waals surface area contributed by atoms with Crippen LogP contribution in [0, 0.1) is 0 Å². The lowest BCUT2D eigenvalue weighted by atomic mass is 10.3. The van der Waals surface area contributed by atoms with E-state index in [0.717, 1.165) is 54.5 Å². The minimum atomic E-state index is 0.0808. The van der Waals surface area contributed by atoms with Crippen molar-refractivity contribution in [2.75, 3.05) is 24.6 Å². The highest BCUT2D eigenvalue weighted by molar-refractivity contribution is 6.35. The van der Waals surface area contributed by atoms with Gasteiger partial charge in [0.15, 0.2) is 0 Å². The molecule has 0 aromatic carbocycles. The van der Waals surface area contributed by atoms with Crippen LogP contribution >= 0.6 is 11.6 Å². The third-order valence-corrected chi connectivity index (χ3v) is 4.40. The highest BCUT2D eigenvalue weighted by Gasteiger charge is 2.21. The number of aromatic amines is 1. The van der Waals surface area contributed by atoms with E-state index in [2.05, 4.69) is 15.0 Å². The highest BCUT2D eigenvalue weighted by atomic mass is 35.5. The second-order valence-electron chi connectivity index (χ2n) is 5.72. The molecule has 3 aromatic rings. The van der Waals surface area contributed by atoms with Gasteiger partial charge in [-0.05, 0) is 18.6 Å². The summed E-state index contributed by atoms with van der Waals surface area (Å²) < 4.78 is 7.87. The zero-order valence-electron chi connectivity index (χ0n) is 12.7. The van der Waals surface area contributed by atoms with Gasteiger partial charge < -0.3 is 14.6 Å². The quantitative estimate of drug-likeness (QED) is 0.801. The molecule has 0 saturated carbocycles. The minimum absolute atomic E-state index is 0.0808. The third kappa shape index (κ3) is 3.04. The SMILES string of the molecule is Clc1cc(N2CCCO[C@@H](Cn3cccn3)C2)nc2[nH]ccc12. The van der Waals surface area contributed by atoms with Crippen molar-refractivity contribution in [1.82, 2.24) is 19.7 Å². The van der Waals surface area contributed by atoms with Gasteiger partial charge in [-0.25, -0.2) is 4.98 Å². The second kappa shape index (κ2) is 6.22. The van der Waals surface area contributed by atoms with E-state index < -0.39 is 0 Å². The summed E-state index contributed by atoms with van der Waals surface area (Å²) in [6, 6.07) is 5.81. The van der Waals surface area contributed by atoms with Gasteiger partial charge >= 0.3 is 0 Å². The van der Waals surface area contributed by atoms with Gasteiger partial charge in [-0.15, -0.1) is 0 Å². The number of H-pyrrole nitrogens is 1. The molecule has 6 nitrogen and oxygen atoms in total. The smallest absolute Gasteiger partial charge is 0.141 e. The lowest BCUT2D eigenvalue weighted by Gasteiger charge is -2.25. The molecular formula is C16H18ClN5O. The van der Waals surface area contributed by atoms with Crippen molar-refractivity contribution in [3.8, 4) is 0 Å².